The van der Waals surface area contributed by atoms with Crippen molar-refractivity contribution >= 4 is 5.97 Å². The lowest BCUT2D eigenvalue weighted by Gasteiger charge is -2.17. The molecule has 1 saturated heterocycles. The molecule has 76 valence electrons. The molecule has 0 aromatic heterocycles. The number of rotatable bonds is 2. The van der Waals surface area contributed by atoms with Gasteiger partial charge in [0, 0.05) is 13.5 Å². The lowest BCUT2D eigenvalue weighted by atomic mass is 10.0. The van der Waals surface area contributed by atoms with Crippen molar-refractivity contribution in [2.75, 3.05) is 14.2 Å². The molecule has 1 heterocycles. The van der Waals surface area contributed by atoms with Crippen LogP contribution in [0.1, 0.15) is 20.3 Å². The van der Waals surface area contributed by atoms with E-state index in [-0.39, 0.29) is 17.7 Å². The first-order valence-electron chi connectivity index (χ1n) is 4.28. The van der Waals surface area contributed by atoms with Crippen molar-refractivity contribution in [3.05, 3.63) is 0 Å². The summed E-state index contributed by atoms with van der Waals surface area (Å²) >= 11 is 0. The van der Waals surface area contributed by atoms with E-state index in [1.165, 1.54) is 7.11 Å². The number of ether oxygens (including phenoxy) is 3. The Morgan fingerprint density at radius 1 is 1.46 bits per heavy atom. The van der Waals surface area contributed by atoms with Crippen LogP contribution in [0, 0.1) is 0 Å². The zero-order valence-corrected chi connectivity index (χ0v) is 8.49. The van der Waals surface area contributed by atoms with Crippen molar-refractivity contribution in [1.29, 1.82) is 0 Å². The van der Waals surface area contributed by atoms with Gasteiger partial charge < -0.3 is 14.2 Å². The summed E-state index contributed by atoms with van der Waals surface area (Å²) in [7, 11) is 2.93. The quantitative estimate of drug-likeness (QED) is 0.600. The highest BCUT2D eigenvalue weighted by atomic mass is 16.6. The fraction of sp³-hybridized carbons (Fsp3) is 0.889. The average molecular weight is 188 g/mol. The van der Waals surface area contributed by atoms with Gasteiger partial charge >= 0.3 is 5.97 Å². The van der Waals surface area contributed by atoms with Gasteiger partial charge in [0.25, 0.3) is 0 Å². The Labute approximate surface area is 78.2 Å². The van der Waals surface area contributed by atoms with Crippen molar-refractivity contribution in [2.24, 2.45) is 0 Å². The number of methoxy groups -OCH3 is 2. The van der Waals surface area contributed by atoms with E-state index in [4.69, 9.17) is 9.47 Å². The summed E-state index contributed by atoms with van der Waals surface area (Å²) in [5.41, 5.74) is -0.306. The molecule has 4 heteroatoms. The maximum atomic E-state index is 11.2. The molecular weight excluding hydrogens is 172 g/mol. The lowest BCUT2D eigenvalue weighted by molar-refractivity contribution is -0.161. The van der Waals surface area contributed by atoms with E-state index in [1.807, 2.05) is 13.8 Å². The highest BCUT2D eigenvalue weighted by Gasteiger charge is 2.45. The number of esters is 1. The molecule has 0 spiro atoms. The Hall–Kier alpha value is -0.610. The molecule has 0 radical (unpaired) electrons. The number of carbonyl (C=O) groups excluding carboxylic acids is 1. The van der Waals surface area contributed by atoms with Crippen molar-refractivity contribution in [1.82, 2.24) is 0 Å². The molecule has 13 heavy (non-hydrogen) atoms. The van der Waals surface area contributed by atoms with Crippen LogP contribution in [0.25, 0.3) is 0 Å². The summed E-state index contributed by atoms with van der Waals surface area (Å²) in [6.07, 6.45) is -0.0593. The molecule has 0 aromatic carbocycles. The largest absolute Gasteiger partial charge is 0.467 e. The molecule has 1 fully saturated rings. The summed E-state index contributed by atoms with van der Waals surface area (Å²) in [6, 6.07) is 0. The van der Waals surface area contributed by atoms with E-state index >= 15 is 0 Å². The van der Waals surface area contributed by atoms with Gasteiger partial charge in [-0.25, -0.2) is 4.79 Å². The second-order valence-electron chi connectivity index (χ2n) is 3.80. The molecule has 0 bridgehead atoms. The van der Waals surface area contributed by atoms with Crippen molar-refractivity contribution in [3.63, 3.8) is 0 Å². The molecule has 0 saturated carbocycles. The second kappa shape index (κ2) is 3.64. The van der Waals surface area contributed by atoms with E-state index in [9.17, 15) is 4.79 Å². The molecule has 0 amide bonds. The molecule has 0 aromatic rings. The van der Waals surface area contributed by atoms with Crippen LogP contribution in [-0.2, 0) is 19.0 Å². The third-order valence-corrected chi connectivity index (χ3v) is 2.21. The van der Waals surface area contributed by atoms with E-state index < -0.39 is 6.10 Å². The smallest absolute Gasteiger partial charge is 0.337 e. The predicted molar refractivity (Wildman–Crippen MR) is 46.4 cm³/mol. The summed E-state index contributed by atoms with van der Waals surface area (Å²) in [5, 5.41) is 0. The minimum atomic E-state index is -0.579. The van der Waals surface area contributed by atoms with Crippen molar-refractivity contribution in [3.8, 4) is 0 Å². The van der Waals surface area contributed by atoms with Crippen LogP contribution in [0.15, 0.2) is 0 Å². The zero-order chi connectivity index (χ0) is 10.1. The van der Waals surface area contributed by atoms with Crippen LogP contribution in [0.3, 0.4) is 0 Å². The van der Waals surface area contributed by atoms with E-state index in [0.717, 1.165) is 0 Å². The van der Waals surface area contributed by atoms with E-state index in [0.29, 0.717) is 6.42 Å². The SMILES string of the molecule is COC(=O)[C@@H]1OC(C)(C)C[C@@H]1OC. The van der Waals surface area contributed by atoms with Crippen LogP contribution in [0.4, 0.5) is 0 Å². The normalized spacial score (nSPS) is 31.7. The highest BCUT2D eigenvalue weighted by Crippen LogP contribution is 2.31. The van der Waals surface area contributed by atoms with E-state index in [2.05, 4.69) is 4.74 Å². The van der Waals surface area contributed by atoms with Crippen LogP contribution < -0.4 is 0 Å². The van der Waals surface area contributed by atoms with E-state index in [1.54, 1.807) is 7.11 Å². The Bertz CT molecular complexity index is 200. The molecule has 1 aliphatic heterocycles. The first-order chi connectivity index (χ1) is 6.00. The van der Waals surface area contributed by atoms with Gasteiger partial charge in [0.05, 0.1) is 18.8 Å². The standard InChI is InChI=1S/C9H16O4/c1-9(2)5-6(11-3)7(13-9)8(10)12-4/h6-7H,5H2,1-4H3/t6-,7+/m0/s1. The summed E-state index contributed by atoms with van der Waals surface area (Å²) in [6.45, 7) is 3.86. The van der Waals surface area contributed by atoms with Crippen molar-refractivity contribution in [2.45, 2.75) is 38.1 Å². The number of hydrogen-bond acceptors (Lipinski definition) is 4. The summed E-state index contributed by atoms with van der Waals surface area (Å²) in [5.74, 6) is -0.363. The van der Waals surface area contributed by atoms with Crippen LogP contribution in [0.5, 0.6) is 0 Å². The van der Waals surface area contributed by atoms with Crippen LogP contribution in [0.2, 0.25) is 0 Å². The van der Waals surface area contributed by atoms with Gasteiger partial charge in [-0.1, -0.05) is 0 Å². The summed E-state index contributed by atoms with van der Waals surface area (Å²) < 4.78 is 15.3. The third kappa shape index (κ3) is 2.19. The predicted octanol–water partition coefficient (Wildman–Crippen LogP) is 0.742. The fourth-order valence-corrected chi connectivity index (χ4v) is 1.58. The van der Waals surface area contributed by atoms with Gasteiger partial charge in [-0.3, -0.25) is 0 Å². The second-order valence-corrected chi connectivity index (χ2v) is 3.80. The fourth-order valence-electron chi connectivity index (χ4n) is 1.58. The molecular formula is C9H16O4. The van der Waals surface area contributed by atoms with Gasteiger partial charge in [0.15, 0.2) is 6.10 Å². The van der Waals surface area contributed by atoms with Gasteiger partial charge in [-0.2, -0.15) is 0 Å². The van der Waals surface area contributed by atoms with Gasteiger partial charge in [-0.05, 0) is 13.8 Å². The van der Waals surface area contributed by atoms with Crippen molar-refractivity contribution < 1.29 is 19.0 Å². The van der Waals surface area contributed by atoms with Crippen LogP contribution in [-0.4, -0.2) is 38.0 Å². The Balaban J connectivity index is 2.69. The maximum absolute atomic E-state index is 11.2. The molecule has 0 aliphatic carbocycles. The number of hydrogen-bond donors (Lipinski definition) is 0. The Morgan fingerprint density at radius 3 is 2.54 bits per heavy atom. The molecule has 1 aliphatic rings. The molecule has 0 unspecified atom stereocenters. The van der Waals surface area contributed by atoms with Gasteiger partial charge in [-0.15, -0.1) is 0 Å². The topological polar surface area (TPSA) is 44.8 Å². The van der Waals surface area contributed by atoms with Crippen LogP contribution >= 0.6 is 0 Å². The minimum Gasteiger partial charge on any atom is -0.467 e. The average Bonchev–Trinajstić information content (AvgIpc) is 2.39. The van der Waals surface area contributed by atoms with Gasteiger partial charge in [0.1, 0.15) is 0 Å². The first-order valence-corrected chi connectivity index (χ1v) is 4.28. The Morgan fingerprint density at radius 2 is 2.08 bits per heavy atom. The first kappa shape index (κ1) is 10.5. The molecule has 2 atom stereocenters. The Kier molecular flexibility index (Phi) is 2.93. The highest BCUT2D eigenvalue weighted by molar-refractivity contribution is 5.75. The lowest BCUT2D eigenvalue weighted by Crippen LogP contribution is -2.33. The number of carbonyl (C=O) groups is 1. The molecule has 4 nitrogen and oxygen atoms in total. The zero-order valence-electron chi connectivity index (χ0n) is 8.49. The molecule has 0 N–H and O–H groups in total. The third-order valence-electron chi connectivity index (χ3n) is 2.21. The van der Waals surface area contributed by atoms with Gasteiger partial charge in [0.2, 0.25) is 0 Å². The minimum absolute atomic E-state index is 0.192. The summed E-state index contributed by atoms with van der Waals surface area (Å²) in [4.78, 5) is 11.2. The molecule has 1 rings (SSSR count). The maximum Gasteiger partial charge on any atom is 0.337 e. The monoisotopic (exact) mass is 188 g/mol.